The zero-order valence-electron chi connectivity index (χ0n) is 18.0. The molecule has 4 rings (SSSR count). The normalized spacial score (nSPS) is 11.0. The molecule has 6 nitrogen and oxygen atoms in total. The number of nitrogens with zero attached hydrogens (tertiary/aromatic N) is 2. The molecule has 0 bridgehead atoms. The number of hydrogen-bond acceptors (Lipinski definition) is 5. The highest BCUT2D eigenvalue weighted by atomic mass is 19.1. The van der Waals surface area contributed by atoms with E-state index in [-0.39, 0.29) is 11.4 Å². The van der Waals surface area contributed by atoms with Gasteiger partial charge in [-0.05, 0) is 53.4 Å². The summed E-state index contributed by atoms with van der Waals surface area (Å²) >= 11 is 0. The van der Waals surface area contributed by atoms with Gasteiger partial charge in [0.05, 0.1) is 26.3 Å². The summed E-state index contributed by atoms with van der Waals surface area (Å²) in [5.41, 5.74) is 2.88. The number of nitrogens with one attached hydrogen (secondary N) is 1. The second-order valence-electron chi connectivity index (χ2n) is 7.40. The monoisotopic (exact) mass is 433 g/mol. The molecule has 32 heavy (non-hydrogen) atoms. The van der Waals surface area contributed by atoms with Gasteiger partial charge in [0.2, 0.25) is 0 Å². The van der Waals surface area contributed by atoms with Gasteiger partial charge in [0.15, 0.2) is 0 Å². The first-order chi connectivity index (χ1) is 15.6. The SMILES string of the molecule is COc1ccc(CNCc2cc3ccc(F)cc3n(Cc3ccncc3)c2=O)c(OC)c1. The van der Waals surface area contributed by atoms with E-state index in [1.54, 1.807) is 37.2 Å². The lowest BCUT2D eigenvalue weighted by atomic mass is 10.1. The summed E-state index contributed by atoms with van der Waals surface area (Å²) < 4.78 is 26.2. The average molecular weight is 433 g/mol. The van der Waals surface area contributed by atoms with Crippen LogP contribution in [-0.2, 0) is 19.6 Å². The topological polar surface area (TPSA) is 65.4 Å². The van der Waals surface area contributed by atoms with E-state index in [0.29, 0.717) is 42.2 Å². The molecule has 7 heteroatoms. The maximum absolute atomic E-state index is 13.9. The summed E-state index contributed by atoms with van der Waals surface area (Å²) in [5, 5.41) is 4.12. The predicted octanol–water partition coefficient (Wildman–Crippen LogP) is 3.89. The number of fused-ring (bicyclic) bond motifs is 1. The van der Waals surface area contributed by atoms with Gasteiger partial charge in [0.1, 0.15) is 17.3 Å². The fourth-order valence-electron chi connectivity index (χ4n) is 3.69. The highest BCUT2D eigenvalue weighted by molar-refractivity contribution is 5.79. The minimum absolute atomic E-state index is 0.158. The van der Waals surface area contributed by atoms with Gasteiger partial charge in [0.25, 0.3) is 5.56 Å². The van der Waals surface area contributed by atoms with Crippen molar-refractivity contribution < 1.29 is 13.9 Å². The highest BCUT2D eigenvalue weighted by Crippen LogP contribution is 2.24. The molecule has 1 N–H and O–H groups in total. The quantitative estimate of drug-likeness (QED) is 0.457. The largest absolute Gasteiger partial charge is 0.497 e. The summed E-state index contributed by atoms with van der Waals surface area (Å²) in [6, 6.07) is 15.6. The molecule has 2 heterocycles. The Balaban J connectivity index is 1.62. The Morgan fingerprint density at radius 3 is 2.47 bits per heavy atom. The molecule has 0 radical (unpaired) electrons. The minimum atomic E-state index is -0.377. The average Bonchev–Trinajstić information content (AvgIpc) is 2.82. The smallest absolute Gasteiger partial charge is 0.255 e. The van der Waals surface area contributed by atoms with Crippen molar-refractivity contribution in [2.75, 3.05) is 14.2 Å². The first-order valence-electron chi connectivity index (χ1n) is 10.2. The van der Waals surface area contributed by atoms with Gasteiger partial charge in [-0.25, -0.2) is 4.39 Å². The molecule has 0 amide bonds. The molecular formula is C25H24FN3O3. The van der Waals surface area contributed by atoms with Gasteiger partial charge < -0.3 is 19.4 Å². The molecule has 0 atom stereocenters. The molecule has 0 aliphatic rings. The van der Waals surface area contributed by atoms with E-state index in [2.05, 4.69) is 10.3 Å². The Morgan fingerprint density at radius 2 is 1.72 bits per heavy atom. The summed E-state index contributed by atoms with van der Waals surface area (Å²) in [7, 11) is 3.22. The van der Waals surface area contributed by atoms with Crippen LogP contribution in [0, 0.1) is 5.82 Å². The Morgan fingerprint density at radius 1 is 0.938 bits per heavy atom. The third-order valence-electron chi connectivity index (χ3n) is 5.35. The second kappa shape index (κ2) is 9.62. The predicted molar refractivity (Wildman–Crippen MR) is 122 cm³/mol. The van der Waals surface area contributed by atoms with Crippen molar-refractivity contribution in [1.82, 2.24) is 14.9 Å². The number of rotatable bonds is 8. The Labute approximate surface area is 185 Å². The molecule has 0 spiro atoms. The van der Waals surface area contributed by atoms with Crippen molar-refractivity contribution in [3.63, 3.8) is 0 Å². The fraction of sp³-hybridized carbons (Fsp3) is 0.200. The van der Waals surface area contributed by atoms with Crippen LogP contribution in [0.4, 0.5) is 4.39 Å². The Kier molecular flexibility index (Phi) is 6.47. The molecule has 0 saturated carbocycles. The summed E-state index contributed by atoms with van der Waals surface area (Å²) in [6.45, 7) is 1.21. The lowest BCUT2D eigenvalue weighted by molar-refractivity contribution is 0.389. The zero-order chi connectivity index (χ0) is 22.5. The van der Waals surface area contributed by atoms with Crippen LogP contribution in [0.5, 0.6) is 11.5 Å². The molecule has 0 saturated heterocycles. The van der Waals surface area contributed by atoms with Gasteiger partial charge in [-0.2, -0.15) is 0 Å². The van der Waals surface area contributed by atoms with Crippen molar-refractivity contribution in [3.8, 4) is 11.5 Å². The van der Waals surface area contributed by atoms with Gasteiger partial charge in [-0.15, -0.1) is 0 Å². The molecular weight excluding hydrogens is 409 g/mol. The molecule has 0 aliphatic carbocycles. The van der Waals surface area contributed by atoms with Crippen LogP contribution < -0.4 is 20.3 Å². The van der Waals surface area contributed by atoms with E-state index in [1.807, 2.05) is 36.4 Å². The van der Waals surface area contributed by atoms with Crippen LogP contribution in [0.2, 0.25) is 0 Å². The summed E-state index contributed by atoms with van der Waals surface area (Å²) in [5.74, 6) is 1.05. The van der Waals surface area contributed by atoms with Crippen LogP contribution in [-0.4, -0.2) is 23.8 Å². The van der Waals surface area contributed by atoms with Crippen LogP contribution in [0.1, 0.15) is 16.7 Å². The van der Waals surface area contributed by atoms with Crippen molar-refractivity contribution >= 4 is 10.9 Å². The standard InChI is InChI=1S/C25H24FN3O3/c1-31-22-6-4-19(24(13-22)32-2)14-28-15-20-11-18-3-5-21(26)12-23(18)29(25(20)30)16-17-7-9-27-10-8-17/h3-13,28H,14-16H2,1-2H3. The van der Waals surface area contributed by atoms with Crippen LogP contribution in [0.3, 0.4) is 0 Å². The Bertz CT molecular complexity index is 1290. The van der Waals surface area contributed by atoms with Crippen LogP contribution in [0.15, 0.2) is 71.8 Å². The molecule has 2 aromatic heterocycles. The number of methoxy groups -OCH3 is 2. The number of benzene rings is 2. The maximum atomic E-state index is 13.9. The number of pyridine rings is 2. The number of ether oxygens (including phenoxy) is 2. The summed E-state index contributed by atoms with van der Waals surface area (Å²) in [6.07, 6.45) is 3.35. The third-order valence-corrected chi connectivity index (χ3v) is 5.35. The molecule has 164 valence electrons. The van der Waals surface area contributed by atoms with Gasteiger partial charge in [0, 0.05) is 42.7 Å². The van der Waals surface area contributed by atoms with E-state index in [1.165, 1.54) is 12.1 Å². The van der Waals surface area contributed by atoms with Crippen LogP contribution >= 0.6 is 0 Å². The number of aromatic nitrogens is 2. The third kappa shape index (κ3) is 4.63. The van der Waals surface area contributed by atoms with E-state index in [4.69, 9.17) is 9.47 Å². The maximum Gasteiger partial charge on any atom is 0.255 e. The van der Waals surface area contributed by atoms with E-state index >= 15 is 0 Å². The van der Waals surface area contributed by atoms with Crippen molar-refractivity contribution in [1.29, 1.82) is 0 Å². The lowest BCUT2D eigenvalue weighted by Gasteiger charge is -2.15. The minimum Gasteiger partial charge on any atom is -0.497 e. The second-order valence-corrected chi connectivity index (χ2v) is 7.40. The fourth-order valence-corrected chi connectivity index (χ4v) is 3.69. The molecule has 0 aliphatic heterocycles. The van der Waals surface area contributed by atoms with E-state index in [0.717, 1.165) is 16.5 Å². The highest BCUT2D eigenvalue weighted by Gasteiger charge is 2.12. The zero-order valence-corrected chi connectivity index (χ0v) is 18.0. The van der Waals surface area contributed by atoms with Crippen molar-refractivity contribution in [3.05, 3.63) is 99.9 Å². The number of halogens is 1. The van der Waals surface area contributed by atoms with E-state index in [9.17, 15) is 9.18 Å². The molecule has 2 aromatic carbocycles. The van der Waals surface area contributed by atoms with E-state index < -0.39 is 0 Å². The Hall–Kier alpha value is -3.71. The molecule has 0 fully saturated rings. The molecule has 4 aromatic rings. The number of hydrogen-bond donors (Lipinski definition) is 1. The van der Waals surface area contributed by atoms with Gasteiger partial charge in [-0.3, -0.25) is 9.78 Å². The first kappa shape index (κ1) is 21.5. The van der Waals surface area contributed by atoms with Crippen LogP contribution in [0.25, 0.3) is 10.9 Å². The lowest BCUT2D eigenvalue weighted by Crippen LogP contribution is -2.28. The molecule has 0 unspecified atom stereocenters. The van der Waals surface area contributed by atoms with Crippen molar-refractivity contribution in [2.24, 2.45) is 0 Å². The van der Waals surface area contributed by atoms with Gasteiger partial charge >= 0.3 is 0 Å². The van der Waals surface area contributed by atoms with Crippen molar-refractivity contribution in [2.45, 2.75) is 19.6 Å². The first-order valence-corrected chi connectivity index (χ1v) is 10.2. The van der Waals surface area contributed by atoms with Gasteiger partial charge in [-0.1, -0.05) is 6.07 Å². The summed E-state index contributed by atoms with van der Waals surface area (Å²) in [4.78, 5) is 17.3.